The Morgan fingerprint density at radius 1 is 1.35 bits per heavy atom. The summed E-state index contributed by atoms with van der Waals surface area (Å²) in [5, 5.41) is 13.7. The first-order chi connectivity index (χ1) is 11.2. The summed E-state index contributed by atoms with van der Waals surface area (Å²) >= 11 is 1.46. The average Bonchev–Trinajstić information content (AvgIpc) is 3.00. The van der Waals surface area contributed by atoms with Crippen molar-refractivity contribution in [3.05, 3.63) is 23.2 Å². The molecule has 0 saturated carbocycles. The van der Waals surface area contributed by atoms with Crippen molar-refractivity contribution in [2.45, 2.75) is 19.8 Å². The van der Waals surface area contributed by atoms with E-state index in [1.807, 2.05) is 18.4 Å². The van der Waals surface area contributed by atoms with Crippen LogP contribution in [0.15, 0.2) is 17.5 Å². The number of carbonyl (C=O) groups is 1. The highest BCUT2D eigenvalue weighted by molar-refractivity contribution is 7.13. The summed E-state index contributed by atoms with van der Waals surface area (Å²) in [6.07, 6.45) is 1.59. The minimum absolute atomic E-state index is 0.0154. The fourth-order valence-corrected chi connectivity index (χ4v) is 3.27. The van der Waals surface area contributed by atoms with Crippen LogP contribution in [0.2, 0.25) is 0 Å². The molecule has 8 heteroatoms. The molecule has 122 valence electrons. The Kier molecular flexibility index (Phi) is 4.71. The van der Waals surface area contributed by atoms with Gasteiger partial charge in [-0.15, -0.1) is 21.5 Å². The number of nitrogens with zero attached hydrogens (tertiary/aromatic N) is 4. The molecule has 0 aliphatic carbocycles. The van der Waals surface area contributed by atoms with E-state index in [9.17, 15) is 4.79 Å². The van der Waals surface area contributed by atoms with Crippen molar-refractivity contribution in [2.75, 3.05) is 30.4 Å². The highest BCUT2D eigenvalue weighted by Gasteiger charge is 2.26. The number of ether oxygens (including phenoxy) is 1. The van der Waals surface area contributed by atoms with E-state index in [4.69, 9.17) is 4.74 Å². The van der Waals surface area contributed by atoms with Crippen molar-refractivity contribution >= 4 is 28.2 Å². The molecule has 0 bridgehead atoms. The number of hydrogen-bond donors (Lipinski definition) is 1. The molecule has 7 nitrogen and oxygen atoms in total. The van der Waals surface area contributed by atoms with Gasteiger partial charge in [0.25, 0.3) is 0 Å². The van der Waals surface area contributed by atoms with Gasteiger partial charge < -0.3 is 15.0 Å². The zero-order chi connectivity index (χ0) is 16.2. The van der Waals surface area contributed by atoms with Crippen LogP contribution < -0.4 is 15.0 Å². The molecule has 1 aliphatic rings. The third-order valence-electron chi connectivity index (χ3n) is 3.87. The second-order valence-electron chi connectivity index (χ2n) is 5.48. The molecule has 23 heavy (non-hydrogen) atoms. The van der Waals surface area contributed by atoms with Gasteiger partial charge in [0.1, 0.15) is 0 Å². The normalized spacial score (nSPS) is 15.5. The van der Waals surface area contributed by atoms with Crippen LogP contribution in [0.3, 0.4) is 0 Å². The van der Waals surface area contributed by atoms with Gasteiger partial charge in [-0.05, 0) is 25.8 Å². The van der Waals surface area contributed by atoms with Gasteiger partial charge in [-0.2, -0.15) is 0 Å². The number of amides is 1. The van der Waals surface area contributed by atoms with E-state index in [0.29, 0.717) is 11.0 Å². The lowest BCUT2D eigenvalue weighted by molar-refractivity contribution is -0.120. The topological polar surface area (TPSA) is 80.2 Å². The van der Waals surface area contributed by atoms with Gasteiger partial charge in [0.15, 0.2) is 10.9 Å². The third kappa shape index (κ3) is 3.76. The summed E-state index contributed by atoms with van der Waals surface area (Å²) < 4.78 is 5.01. The Morgan fingerprint density at radius 2 is 2.13 bits per heavy atom. The second kappa shape index (κ2) is 6.91. The maximum absolute atomic E-state index is 12.3. The standard InChI is InChI=1S/C15H19N5O2S/c1-10-9-23-15(16-10)17-14(21)11-5-7-20(8-6-11)12-3-4-13(22-2)19-18-12/h3-4,9,11H,5-8H2,1-2H3,(H,16,17,21). The molecule has 1 saturated heterocycles. The van der Waals surface area contributed by atoms with E-state index in [2.05, 4.69) is 25.4 Å². The molecule has 0 atom stereocenters. The number of anilines is 2. The highest BCUT2D eigenvalue weighted by Crippen LogP contribution is 2.24. The lowest BCUT2D eigenvalue weighted by Gasteiger charge is -2.31. The van der Waals surface area contributed by atoms with Gasteiger partial charge in [0.2, 0.25) is 11.8 Å². The molecule has 2 aromatic rings. The number of aromatic nitrogens is 3. The molecule has 0 radical (unpaired) electrons. The van der Waals surface area contributed by atoms with Crippen LogP contribution in [0.4, 0.5) is 10.9 Å². The lowest BCUT2D eigenvalue weighted by atomic mass is 9.96. The minimum Gasteiger partial charge on any atom is -0.480 e. The summed E-state index contributed by atoms with van der Waals surface area (Å²) in [7, 11) is 1.57. The molecule has 2 aromatic heterocycles. The van der Waals surface area contributed by atoms with Crippen LogP contribution in [0, 0.1) is 12.8 Å². The molecular weight excluding hydrogens is 314 g/mol. The molecule has 3 rings (SSSR count). The molecular formula is C15H19N5O2S. The first kappa shape index (κ1) is 15.7. The van der Waals surface area contributed by atoms with E-state index >= 15 is 0 Å². The first-order valence-electron chi connectivity index (χ1n) is 7.51. The highest BCUT2D eigenvalue weighted by atomic mass is 32.1. The molecule has 0 unspecified atom stereocenters. The number of nitrogens with one attached hydrogen (secondary N) is 1. The Bertz CT molecular complexity index is 665. The maximum Gasteiger partial charge on any atom is 0.233 e. The van der Waals surface area contributed by atoms with Gasteiger partial charge in [-0.25, -0.2) is 4.98 Å². The van der Waals surface area contributed by atoms with Crippen LogP contribution in [-0.4, -0.2) is 41.3 Å². The maximum atomic E-state index is 12.3. The average molecular weight is 333 g/mol. The largest absolute Gasteiger partial charge is 0.480 e. The SMILES string of the molecule is COc1ccc(N2CCC(C(=O)Nc3nc(C)cs3)CC2)nn1. The monoisotopic (exact) mass is 333 g/mol. The smallest absolute Gasteiger partial charge is 0.233 e. The summed E-state index contributed by atoms with van der Waals surface area (Å²) in [5.41, 5.74) is 0.929. The van der Waals surface area contributed by atoms with Crippen LogP contribution in [0.1, 0.15) is 18.5 Å². The fourth-order valence-electron chi connectivity index (χ4n) is 2.58. The van der Waals surface area contributed by atoms with E-state index in [-0.39, 0.29) is 11.8 Å². The molecule has 1 aliphatic heterocycles. The Balaban J connectivity index is 1.54. The molecule has 3 heterocycles. The van der Waals surface area contributed by atoms with Crippen LogP contribution in [0.5, 0.6) is 5.88 Å². The Morgan fingerprint density at radius 3 is 2.70 bits per heavy atom. The number of aryl methyl sites for hydroxylation is 1. The second-order valence-corrected chi connectivity index (χ2v) is 6.34. The van der Waals surface area contributed by atoms with Crippen LogP contribution in [-0.2, 0) is 4.79 Å². The van der Waals surface area contributed by atoms with Gasteiger partial charge in [0.05, 0.1) is 12.8 Å². The Hall–Kier alpha value is -2.22. The van der Waals surface area contributed by atoms with Crippen molar-refractivity contribution in [1.29, 1.82) is 0 Å². The summed E-state index contributed by atoms with van der Waals surface area (Å²) in [6, 6.07) is 3.69. The fraction of sp³-hybridized carbons (Fsp3) is 0.467. The van der Waals surface area contributed by atoms with Crippen molar-refractivity contribution in [2.24, 2.45) is 5.92 Å². The zero-order valence-electron chi connectivity index (χ0n) is 13.2. The van der Waals surface area contributed by atoms with Gasteiger partial charge >= 0.3 is 0 Å². The van der Waals surface area contributed by atoms with E-state index in [0.717, 1.165) is 37.4 Å². The predicted octanol–water partition coefficient (Wildman–Crippen LogP) is 2.11. The zero-order valence-corrected chi connectivity index (χ0v) is 14.0. The van der Waals surface area contributed by atoms with Crippen molar-refractivity contribution in [3.8, 4) is 5.88 Å². The van der Waals surface area contributed by atoms with Gasteiger partial charge in [-0.1, -0.05) is 0 Å². The van der Waals surface area contributed by atoms with Gasteiger partial charge in [0, 0.05) is 30.5 Å². The summed E-state index contributed by atoms with van der Waals surface area (Å²) in [5.74, 6) is 1.39. The number of hydrogen-bond acceptors (Lipinski definition) is 7. The number of piperidine rings is 1. The van der Waals surface area contributed by atoms with E-state index in [1.165, 1.54) is 11.3 Å². The van der Waals surface area contributed by atoms with Crippen molar-refractivity contribution < 1.29 is 9.53 Å². The van der Waals surface area contributed by atoms with Crippen LogP contribution in [0.25, 0.3) is 0 Å². The predicted molar refractivity (Wildman–Crippen MR) is 89.0 cm³/mol. The molecule has 1 N–H and O–H groups in total. The number of methoxy groups -OCH3 is 1. The molecule has 1 amide bonds. The minimum atomic E-state index is 0.0154. The Labute approximate surface area is 138 Å². The lowest BCUT2D eigenvalue weighted by Crippen LogP contribution is -2.38. The van der Waals surface area contributed by atoms with E-state index in [1.54, 1.807) is 13.2 Å². The first-order valence-corrected chi connectivity index (χ1v) is 8.39. The van der Waals surface area contributed by atoms with Crippen molar-refractivity contribution in [3.63, 3.8) is 0 Å². The van der Waals surface area contributed by atoms with Crippen molar-refractivity contribution in [1.82, 2.24) is 15.2 Å². The molecule has 1 fully saturated rings. The number of rotatable bonds is 4. The van der Waals surface area contributed by atoms with E-state index < -0.39 is 0 Å². The van der Waals surface area contributed by atoms with Crippen LogP contribution >= 0.6 is 11.3 Å². The summed E-state index contributed by atoms with van der Waals surface area (Å²) in [4.78, 5) is 18.7. The summed E-state index contributed by atoms with van der Waals surface area (Å²) in [6.45, 7) is 3.49. The molecule has 0 aromatic carbocycles. The number of thiazole rings is 1. The molecule has 0 spiro atoms. The third-order valence-corrected chi connectivity index (χ3v) is 4.75. The number of carbonyl (C=O) groups excluding carboxylic acids is 1. The van der Waals surface area contributed by atoms with Gasteiger partial charge in [-0.3, -0.25) is 4.79 Å². The quantitative estimate of drug-likeness (QED) is 0.923.